The van der Waals surface area contributed by atoms with Crippen LogP contribution in [0.25, 0.3) is 0 Å². The summed E-state index contributed by atoms with van der Waals surface area (Å²) >= 11 is 0. The predicted octanol–water partition coefficient (Wildman–Crippen LogP) is 1.63. The third kappa shape index (κ3) is 2.65. The van der Waals surface area contributed by atoms with Gasteiger partial charge in [-0.3, -0.25) is 4.31 Å². The molecule has 1 aromatic carbocycles. The molecule has 7 heteroatoms. The molecule has 0 bridgehead atoms. The van der Waals surface area contributed by atoms with Gasteiger partial charge in [0.2, 0.25) is 0 Å². The van der Waals surface area contributed by atoms with E-state index in [1.54, 1.807) is 0 Å². The molecular formula is C12H12FN3O2S. The van der Waals surface area contributed by atoms with E-state index in [1.807, 2.05) is 0 Å². The Hall–Kier alpha value is -2.15. The first-order valence-corrected chi connectivity index (χ1v) is 6.81. The summed E-state index contributed by atoms with van der Waals surface area (Å²) in [6.45, 7) is 0. The number of aromatic nitrogens is 1. The van der Waals surface area contributed by atoms with Crippen molar-refractivity contribution in [3.05, 3.63) is 48.4 Å². The summed E-state index contributed by atoms with van der Waals surface area (Å²) in [5, 5.41) is 0. The number of nitrogens with zero attached hydrogens (tertiary/aromatic N) is 2. The van der Waals surface area contributed by atoms with Crippen molar-refractivity contribution in [2.24, 2.45) is 0 Å². The van der Waals surface area contributed by atoms with Crippen LogP contribution >= 0.6 is 0 Å². The van der Waals surface area contributed by atoms with Gasteiger partial charge < -0.3 is 5.73 Å². The molecule has 1 aromatic heterocycles. The van der Waals surface area contributed by atoms with Crippen LogP contribution in [-0.4, -0.2) is 20.4 Å². The Morgan fingerprint density at radius 3 is 2.42 bits per heavy atom. The zero-order valence-corrected chi connectivity index (χ0v) is 10.9. The van der Waals surface area contributed by atoms with Crippen LogP contribution in [0.5, 0.6) is 0 Å². The fourth-order valence-electron chi connectivity index (χ4n) is 1.54. The third-order valence-corrected chi connectivity index (χ3v) is 4.38. The highest BCUT2D eigenvalue weighted by molar-refractivity contribution is 7.92. The van der Waals surface area contributed by atoms with Gasteiger partial charge in [-0.2, -0.15) is 0 Å². The standard InChI is InChI=1S/C12H12FN3O2S/c1-16(10-4-2-9(13)3-5-10)19(17,18)11-6-7-15-12(14)8-11/h2-8H,1H3,(H2,14,15). The molecular weight excluding hydrogens is 269 g/mol. The van der Waals surface area contributed by atoms with Gasteiger partial charge in [0.1, 0.15) is 11.6 Å². The SMILES string of the molecule is CN(c1ccc(F)cc1)S(=O)(=O)c1ccnc(N)c1. The maximum atomic E-state index is 12.8. The van der Waals surface area contributed by atoms with Crippen LogP contribution in [0.3, 0.4) is 0 Å². The van der Waals surface area contributed by atoms with Crippen molar-refractivity contribution >= 4 is 21.5 Å². The summed E-state index contributed by atoms with van der Waals surface area (Å²) in [5.74, 6) is -0.309. The molecule has 0 fully saturated rings. The van der Waals surface area contributed by atoms with Gasteiger partial charge in [-0.25, -0.2) is 17.8 Å². The lowest BCUT2D eigenvalue weighted by Crippen LogP contribution is -2.26. The van der Waals surface area contributed by atoms with E-state index in [9.17, 15) is 12.8 Å². The molecule has 1 heterocycles. The zero-order chi connectivity index (χ0) is 14.0. The van der Waals surface area contributed by atoms with Crippen molar-refractivity contribution in [2.45, 2.75) is 4.90 Å². The minimum Gasteiger partial charge on any atom is -0.384 e. The van der Waals surface area contributed by atoms with E-state index in [0.29, 0.717) is 5.69 Å². The second-order valence-corrected chi connectivity index (χ2v) is 5.83. The normalized spacial score (nSPS) is 11.3. The van der Waals surface area contributed by atoms with Gasteiger partial charge in [-0.15, -0.1) is 0 Å². The monoisotopic (exact) mass is 281 g/mol. The molecule has 2 rings (SSSR count). The predicted molar refractivity (Wildman–Crippen MR) is 70.6 cm³/mol. The quantitative estimate of drug-likeness (QED) is 0.927. The van der Waals surface area contributed by atoms with Crippen LogP contribution in [0.1, 0.15) is 0 Å². The van der Waals surface area contributed by atoms with Crippen LogP contribution in [0.2, 0.25) is 0 Å². The lowest BCUT2D eigenvalue weighted by atomic mass is 10.3. The van der Waals surface area contributed by atoms with Gasteiger partial charge in [0.25, 0.3) is 10.0 Å². The number of rotatable bonds is 3. The Morgan fingerprint density at radius 1 is 1.21 bits per heavy atom. The van der Waals surface area contributed by atoms with Crippen LogP contribution < -0.4 is 10.0 Å². The molecule has 5 nitrogen and oxygen atoms in total. The molecule has 2 N–H and O–H groups in total. The second kappa shape index (κ2) is 4.85. The van der Waals surface area contributed by atoms with Crippen LogP contribution in [-0.2, 0) is 10.0 Å². The summed E-state index contributed by atoms with van der Waals surface area (Å²) in [6.07, 6.45) is 1.32. The summed E-state index contributed by atoms with van der Waals surface area (Å²) < 4.78 is 38.5. The molecule has 0 aliphatic heterocycles. The Labute approximate surface area is 110 Å². The fourth-order valence-corrected chi connectivity index (χ4v) is 2.75. The highest BCUT2D eigenvalue weighted by Crippen LogP contribution is 2.22. The summed E-state index contributed by atoms with van der Waals surface area (Å²) in [5.41, 5.74) is 5.83. The topological polar surface area (TPSA) is 76.3 Å². The Bertz CT molecular complexity index is 686. The van der Waals surface area contributed by atoms with E-state index in [0.717, 1.165) is 4.31 Å². The minimum atomic E-state index is -3.74. The van der Waals surface area contributed by atoms with E-state index >= 15 is 0 Å². The molecule has 19 heavy (non-hydrogen) atoms. The van der Waals surface area contributed by atoms with Crippen molar-refractivity contribution in [2.75, 3.05) is 17.1 Å². The van der Waals surface area contributed by atoms with Crippen LogP contribution in [0.4, 0.5) is 15.9 Å². The Balaban J connectivity index is 2.42. The molecule has 100 valence electrons. The van der Waals surface area contributed by atoms with Crippen molar-refractivity contribution in [1.29, 1.82) is 0 Å². The summed E-state index contributed by atoms with van der Waals surface area (Å²) in [6, 6.07) is 7.79. The number of sulfonamides is 1. The first-order valence-electron chi connectivity index (χ1n) is 5.37. The number of anilines is 2. The van der Waals surface area contributed by atoms with Crippen molar-refractivity contribution in [1.82, 2.24) is 4.98 Å². The first kappa shape index (κ1) is 13.3. The first-order chi connectivity index (χ1) is 8.91. The number of hydrogen-bond acceptors (Lipinski definition) is 4. The fraction of sp³-hybridized carbons (Fsp3) is 0.0833. The van der Waals surface area contributed by atoms with Crippen LogP contribution in [0.15, 0.2) is 47.5 Å². The van der Waals surface area contributed by atoms with E-state index in [-0.39, 0.29) is 10.7 Å². The van der Waals surface area contributed by atoms with Gasteiger partial charge in [0, 0.05) is 19.3 Å². The molecule has 0 amide bonds. The summed E-state index contributed by atoms with van der Waals surface area (Å²) in [4.78, 5) is 3.78. The highest BCUT2D eigenvalue weighted by atomic mass is 32.2. The lowest BCUT2D eigenvalue weighted by Gasteiger charge is -2.19. The van der Waals surface area contributed by atoms with Crippen molar-refractivity contribution in [3.63, 3.8) is 0 Å². The smallest absolute Gasteiger partial charge is 0.264 e. The number of nitrogens with two attached hydrogens (primary N) is 1. The molecule has 0 spiro atoms. The zero-order valence-electron chi connectivity index (χ0n) is 10.1. The number of benzene rings is 1. The maximum absolute atomic E-state index is 12.8. The van der Waals surface area contributed by atoms with E-state index < -0.39 is 15.8 Å². The van der Waals surface area contributed by atoms with Crippen LogP contribution in [0, 0.1) is 5.82 Å². The van der Waals surface area contributed by atoms with E-state index in [2.05, 4.69) is 4.98 Å². The molecule has 0 radical (unpaired) electrons. The van der Waals surface area contributed by atoms with Gasteiger partial charge in [0.15, 0.2) is 0 Å². The molecule has 0 saturated heterocycles. The Kier molecular flexibility index (Phi) is 3.39. The highest BCUT2D eigenvalue weighted by Gasteiger charge is 2.21. The molecule has 0 aliphatic carbocycles. The molecule has 2 aromatic rings. The van der Waals surface area contributed by atoms with Crippen molar-refractivity contribution in [3.8, 4) is 0 Å². The Morgan fingerprint density at radius 2 is 1.84 bits per heavy atom. The lowest BCUT2D eigenvalue weighted by molar-refractivity contribution is 0.594. The van der Waals surface area contributed by atoms with Gasteiger partial charge in [-0.05, 0) is 30.3 Å². The number of nitrogen functional groups attached to an aromatic ring is 1. The number of halogens is 1. The molecule has 0 atom stereocenters. The van der Waals surface area contributed by atoms with E-state index in [1.165, 1.54) is 49.6 Å². The third-order valence-electron chi connectivity index (χ3n) is 2.60. The molecule has 0 unspecified atom stereocenters. The average Bonchev–Trinajstić information content (AvgIpc) is 2.39. The van der Waals surface area contributed by atoms with Gasteiger partial charge >= 0.3 is 0 Å². The van der Waals surface area contributed by atoms with Gasteiger partial charge in [-0.1, -0.05) is 0 Å². The summed E-state index contributed by atoms with van der Waals surface area (Å²) in [7, 11) is -2.35. The second-order valence-electron chi connectivity index (χ2n) is 3.87. The maximum Gasteiger partial charge on any atom is 0.264 e. The molecule has 0 saturated carbocycles. The number of hydrogen-bond donors (Lipinski definition) is 1. The molecule has 0 aliphatic rings. The largest absolute Gasteiger partial charge is 0.384 e. The van der Waals surface area contributed by atoms with Crippen molar-refractivity contribution < 1.29 is 12.8 Å². The van der Waals surface area contributed by atoms with E-state index in [4.69, 9.17) is 5.73 Å². The average molecular weight is 281 g/mol. The minimum absolute atomic E-state index is 0.0341. The van der Waals surface area contributed by atoms with Gasteiger partial charge in [0.05, 0.1) is 10.6 Å². The number of pyridine rings is 1.